The van der Waals surface area contributed by atoms with Crippen LogP contribution in [0, 0.1) is 0 Å². The Morgan fingerprint density at radius 3 is 0.571 bits per heavy atom. The fourth-order valence-corrected chi connectivity index (χ4v) is 0. The van der Waals surface area contributed by atoms with Crippen LogP contribution in [0.25, 0.3) is 0 Å². The van der Waals surface area contributed by atoms with E-state index in [2.05, 4.69) is 0 Å². The first-order valence-corrected chi connectivity index (χ1v) is 12.7. The average Bonchev–Trinajstić information content (AvgIpc) is 0.592. The van der Waals surface area contributed by atoms with E-state index < -0.39 is 6.97 Å². The molecule has 0 nitrogen and oxygen atoms in total. The van der Waals surface area contributed by atoms with Crippen LogP contribution in [0.1, 0.15) is 0 Å². The van der Waals surface area contributed by atoms with Crippen molar-refractivity contribution in [3.05, 3.63) is 0 Å². The van der Waals surface area contributed by atoms with E-state index >= 15 is 0 Å². The Kier molecular flexibility index (Phi) is 2.04. The van der Waals surface area contributed by atoms with Gasteiger partial charge in [0.15, 0.2) is 0 Å². The zero-order valence-electron chi connectivity index (χ0n) is 2.58. The Labute approximate surface area is 63.3 Å². The molecule has 0 aliphatic carbocycles. The van der Waals surface area contributed by atoms with Gasteiger partial charge >= 0.3 is 64.1 Å². The molecule has 0 atom stereocenters. The monoisotopic (exact) mass is 316 g/mol. The standard InChI is InChI=1S/6ClH.Pd/h6*1H;/q;;;;;;+1/p-6. The van der Waals surface area contributed by atoms with Crippen molar-refractivity contribution in [1.82, 2.24) is 0 Å². The molecule has 7 heavy (non-hydrogen) atoms. The minimum atomic E-state index is -5.08. The molecule has 0 radical (unpaired) electrons. The van der Waals surface area contributed by atoms with E-state index in [9.17, 15) is 0 Å². The van der Waals surface area contributed by atoms with Crippen molar-refractivity contribution in [3.63, 3.8) is 0 Å². The van der Waals surface area contributed by atoms with Crippen LogP contribution in [0.3, 0.4) is 0 Å². The number of hydrogen-bond donors (Lipinski definition) is 0. The predicted molar refractivity (Wildman–Crippen MR) is 35.1 cm³/mol. The van der Waals surface area contributed by atoms with Gasteiger partial charge in [-0.2, -0.15) is 0 Å². The van der Waals surface area contributed by atoms with Gasteiger partial charge in [-0.1, -0.05) is 0 Å². The summed E-state index contributed by atoms with van der Waals surface area (Å²) in [6.45, 7) is -5.08. The van der Waals surface area contributed by atoms with Crippen LogP contribution in [0.4, 0.5) is 0 Å². The van der Waals surface area contributed by atoms with Gasteiger partial charge in [-0.3, -0.25) is 0 Å². The van der Waals surface area contributed by atoms with Crippen LogP contribution >= 0.6 is 57.2 Å². The Hall–Kier alpha value is 2.40. The molecule has 0 aromatic rings. The van der Waals surface area contributed by atoms with Gasteiger partial charge in [-0.25, -0.2) is 0 Å². The van der Waals surface area contributed by atoms with Gasteiger partial charge < -0.3 is 0 Å². The van der Waals surface area contributed by atoms with Crippen molar-refractivity contribution in [2.45, 2.75) is 0 Å². The summed E-state index contributed by atoms with van der Waals surface area (Å²) in [4.78, 5) is 0. The zero-order chi connectivity index (χ0) is 6.41. The SMILES string of the molecule is [Cl][Pd-5]([Cl])([Cl])([Cl])([Cl])[Cl]. The molecule has 57 valence electrons. The molecule has 0 heterocycles. The molecule has 0 rings (SSSR count). The third-order valence-electron chi connectivity index (χ3n) is 0. The van der Waals surface area contributed by atoms with Crippen molar-refractivity contribution in [1.29, 1.82) is 0 Å². The van der Waals surface area contributed by atoms with Crippen LogP contribution < -0.4 is 0 Å². The number of rotatable bonds is 0. The first-order chi connectivity index (χ1) is 2.45. The molecule has 0 aromatic heterocycles. The molecule has 0 amide bonds. The second-order valence-corrected chi connectivity index (χ2v) is 36.1. The normalized spacial score (nSPS) is 23.1. The average molecular weight is 319 g/mol. The van der Waals surface area contributed by atoms with Gasteiger partial charge in [0.05, 0.1) is 0 Å². The summed E-state index contributed by atoms with van der Waals surface area (Å²) in [6.07, 6.45) is 0. The third-order valence-corrected chi connectivity index (χ3v) is 0. The van der Waals surface area contributed by atoms with Gasteiger partial charge in [0.25, 0.3) is 0 Å². The van der Waals surface area contributed by atoms with Crippen LogP contribution in [0.5, 0.6) is 0 Å². The maximum absolute atomic E-state index is 5.08. The molecule has 0 N–H and O–H groups in total. The zero-order valence-corrected chi connectivity index (χ0v) is 8.67. The van der Waals surface area contributed by atoms with E-state index in [-0.39, 0.29) is 0 Å². The molecule has 0 aliphatic heterocycles. The summed E-state index contributed by atoms with van der Waals surface area (Å²) in [6, 6.07) is 0. The van der Waals surface area contributed by atoms with Gasteiger partial charge in [0.2, 0.25) is 0 Å². The Balaban J connectivity index is 4.43. The van der Waals surface area contributed by atoms with Crippen LogP contribution in [0.2, 0.25) is 0 Å². The predicted octanol–water partition coefficient (Wildman–Crippen LogP) is 4.13. The topological polar surface area (TPSA) is 0 Å². The summed E-state index contributed by atoms with van der Waals surface area (Å²) in [5, 5.41) is 0. The van der Waals surface area contributed by atoms with E-state index in [1.54, 1.807) is 0 Å². The molecular weight excluding hydrogens is 319 g/mol. The van der Waals surface area contributed by atoms with Gasteiger partial charge in [0.1, 0.15) is 0 Å². The molecule has 0 saturated carbocycles. The molecule has 0 fully saturated rings. The minimum absolute atomic E-state index is 5.03. The van der Waals surface area contributed by atoms with Gasteiger partial charge in [-0.15, -0.1) is 0 Å². The van der Waals surface area contributed by atoms with Gasteiger partial charge in [0, 0.05) is 0 Å². The van der Waals surface area contributed by atoms with E-state index in [0.717, 1.165) is 0 Å². The van der Waals surface area contributed by atoms with Crippen LogP contribution in [0.15, 0.2) is 0 Å². The first-order valence-electron chi connectivity index (χ1n) is 0.717. The first kappa shape index (κ1) is 9.40. The van der Waals surface area contributed by atoms with Crippen molar-refractivity contribution in [2.75, 3.05) is 0 Å². The number of hydrogen-bond acceptors (Lipinski definition) is 0. The molecule has 0 saturated heterocycles. The Morgan fingerprint density at radius 1 is 0.571 bits per heavy atom. The fraction of sp³-hybridized carbons (Fsp3) is 0. The fourth-order valence-electron chi connectivity index (χ4n) is 0. The maximum atomic E-state index is 5.03. The van der Waals surface area contributed by atoms with E-state index in [0.29, 0.717) is 0 Å². The van der Waals surface area contributed by atoms with E-state index in [4.69, 9.17) is 57.2 Å². The van der Waals surface area contributed by atoms with Crippen molar-refractivity contribution in [3.8, 4) is 0 Å². The Bertz CT molecular complexity index is 62.7. The molecule has 0 aliphatic rings. The third kappa shape index (κ3) is 59.7. The van der Waals surface area contributed by atoms with Crippen molar-refractivity contribution in [2.24, 2.45) is 0 Å². The summed E-state index contributed by atoms with van der Waals surface area (Å²) >= 11 is 0. The molecule has 7 heteroatoms. The summed E-state index contributed by atoms with van der Waals surface area (Å²) in [5.41, 5.74) is 0. The summed E-state index contributed by atoms with van der Waals surface area (Å²) < 4.78 is 0. The molecule has 0 unspecified atom stereocenters. The van der Waals surface area contributed by atoms with Crippen LogP contribution in [-0.4, -0.2) is 0 Å². The summed E-state index contributed by atoms with van der Waals surface area (Å²) in [7, 11) is 30.2. The van der Waals surface area contributed by atoms with Gasteiger partial charge in [-0.05, 0) is 0 Å². The van der Waals surface area contributed by atoms with Crippen LogP contribution in [-0.2, 0) is 6.97 Å². The molecular formula is Cl6Pd-5. The second kappa shape index (κ2) is 1.52. The van der Waals surface area contributed by atoms with Crippen molar-refractivity contribution >= 4 is 57.2 Å². The molecule has 0 aromatic carbocycles. The number of halogens is 6. The van der Waals surface area contributed by atoms with E-state index in [1.165, 1.54) is 0 Å². The van der Waals surface area contributed by atoms with Crippen molar-refractivity contribution < 1.29 is 6.97 Å². The second-order valence-electron chi connectivity index (χ2n) is 0.678. The Morgan fingerprint density at radius 2 is 0.571 bits per heavy atom. The molecule has 0 spiro atoms. The summed E-state index contributed by atoms with van der Waals surface area (Å²) in [5.74, 6) is 0. The molecule has 0 bridgehead atoms. The van der Waals surface area contributed by atoms with E-state index in [1.807, 2.05) is 0 Å². The quantitative estimate of drug-likeness (QED) is 0.589.